The number of ether oxygens (including phenoxy) is 4. The predicted molar refractivity (Wildman–Crippen MR) is 151 cm³/mol. The molecule has 2 aliphatic heterocycles. The van der Waals surface area contributed by atoms with Gasteiger partial charge in [0.15, 0.2) is 12.6 Å². The maximum Gasteiger partial charge on any atom is 0.187 e. The van der Waals surface area contributed by atoms with Gasteiger partial charge in [-0.15, -0.1) is 0 Å². The van der Waals surface area contributed by atoms with Crippen LogP contribution in [0.4, 0.5) is 0 Å². The maximum atomic E-state index is 11.2. The van der Waals surface area contributed by atoms with Crippen LogP contribution in [0, 0.1) is 34.5 Å². The zero-order valence-electron chi connectivity index (χ0n) is 25.6. The molecule has 0 spiro atoms. The van der Waals surface area contributed by atoms with E-state index in [0.29, 0.717) is 12.0 Å². The molecule has 3 saturated carbocycles. The largest absolute Gasteiger partial charge is 0.394 e. The first-order valence-corrected chi connectivity index (χ1v) is 15.8. The molecule has 0 bridgehead atoms. The Hall–Kier alpha value is -0.740. The molecule has 2 saturated heterocycles. The van der Waals surface area contributed by atoms with Crippen LogP contribution >= 0.6 is 0 Å². The van der Waals surface area contributed by atoms with Crippen molar-refractivity contribution in [2.45, 2.75) is 133 Å². The van der Waals surface area contributed by atoms with Crippen LogP contribution in [0.2, 0.25) is 0 Å². The fraction of sp³-hybridized carbons (Fsp3) is 0.935. The fourth-order valence-corrected chi connectivity index (χ4v) is 9.34. The van der Waals surface area contributed by atoms with Crippen LogP contribution < -0.4 is 0 Å². The van der Waals surface area contributed by atoms with Gasteiger partial charge in [-0.1, -0.05) is 27.4 Å². The molecule has 0 aromatic carbocycles. The molecular formula is C31H52O12. The predicted octanol–water partition coefficient (Wildman–Crippen LogP) is -0.579. The van der Waals surface area contributed by atoms with Crippen molar-refractivity contribution in [2.24, 2.45) is 34.5 Å². The highest BCUT2D eigenvalue weighted by Gasteiger charge is 2.62. The van der Waals surface area contributed by atoms with Gasteiger partial charge >= 0.3 is 0 Å². The van der Waals surface area contributed by atoms with Crippen molar-refractivity contribution < 1.29 is 59.8 Å². The third-order valence-corrected chi connectivity index (χ3v) is 11.9. The lowest BCUT2D eigenvalue weighted by atomic mass is 9.46. The molecule has 12 nitrogen and oxygen atoms in total. The van der Waals surface area contributed by atoms with E-state index in [1.54, 1.807) is 0 Å². The third kappa shape index (κ3) is 5.63. The summed E-state index contributed by atoms with van der Waals surface area (Å²) in [5.41, 5.74) is 0.216. The average Bonchev–Trinajstić information content (AvgIpc) is 3.32. The van der Waals surface area contributed by atoms with Crippen LogP contribution in [0.1, 0.15) is 59.8 Å². The lowest BCUT2D eigenvalue weighted by Crippen LogP contribution is -2.65. The number of fused-ring (bicyclic) bond motifs is 3. The van der Waals surface area contributed by atoms with Crippen LogP contribution in [0.3, 0.4) is 0 Å². The van der Waals surface area contributed by atoms with Gasteiger partial charge in [-0.25, -0.2) is 0 Å². The molecule has 0 aromatic heterocycles. The first-order chi connectivity index (χ1) is 20.2. The first kappa shape index (κ1) is 33.6. The van der Waals surface area contributed by atoms with Crippen LogP contribution in [0.5, 0.6) is 0 Å². The number of hydrogen-bond donors (Lipinski definition) is 8. The van der Waals surface area contributed by atoms with Gasteiger partial charge in [-0.05, 0) is 73.2 Å². The Morgan fingerprint density at radius 2 is 1.51 bits per heavy atom. The van der Waals surface area contributed by atoms with E-state index >= 15 is 0 Å². The highest BCUT2D eigenvalue weighted by Crippen LogP contribution is 2.66. The third-order valence-electron chi connectivity index (χ3n) is 11.9. The Kier molecular flexibility index (Phi) is 9.74. The van der Waals surface area contributed by atoms with Gasteiger partial charge in [0, 0.05) is 5.92 Å². The molecule has 0 unspecified atom stereocenters. The van der Waals surface area contributed by atoms with Crippen molar-refractivity contribution >= 4 is 0 Å². The molecule has 17 atom stereocenters. The van der Waals surface area contributed by atoms with Crippen LogP contribution in [0.25, 0.3) is 0 Å². The molecular weight excluding hydrogens is 564 g/mol. The highest BCUT2D eigenvalue weighted by atomic mass is 16.8. The van der Waals surface area contributed by atoms with E-state index in [0.717, 1.165) is 25.7 Å². The summed E-state index contributed by atoms with van der Waals surface area (Å²) in [6, 6.07) is 0. The quantitative estimate of drug-likeness (QED) is 0.134. The van der Waals surface area contributed by atoms with E-state index in [9.17, 15) is 40.9 Å². The minimum Gasteiger partial charge on any atom is -0.394 e. The maximum absolute atomic E-state index is 11.2. The summed E-state index contributed by atoms with van der Waals surface area (Å²) in [6.45, 7) is 11.4. The second kappa shape index (κ2) is 12.5. The van der Waals surface area contributed by atoms with Crippen molar-refractivity contribution in [1.29, 1.82) is 0 Å². The fourth-order valence-electron chi connectivity index (χ4n) is 9.34. The molecule has 8 N–H and O–H groups in total. The molecule has 248 valence electrons. The molecule has 5 rings (SSSR count). The number of rotatable bonds is 7. The second-order valence-corrected chi connectivity index (χ2v) is 14.5. The summed E-state index contributed by atoms with van der Waals surface area (Å²) < 4.78 is 24.1. The standard InChI is InChI=1S/C31H52O12/c1-13(11-32)16-10-17-15(22(16)35)6-7-19-30(3,4)20(8-9-31(17,19)5)42-29-27(25(38)23(36)18(12-33)41-29)43-28-26(39)24(37)21(34)14(2)40-28/h14-29,32-39H,1,6-12H2,2-5H3/t14-,15+,16+,17+,18+,19-,20-,21-,22-,23+,24+,25-,26+,27+,28-,29-,31+/m0/s1. The van der Waals surface area contributed by atoms with Crippen LogP contribution in [-0.4, -0.2) is 128 Å². The van der Waals surface area contributed by atoms with Crippen molar-refractivity contribution in [3.63, 3.8) is 0 Å². The molecule has 12 heteroatoms. The Bertz CT molecular complexity index is 994. The number of aliphatic hydroxyl groups excluding tert-OH is 8. The minimum atomic E-state index is -1.64. The van der Waals surface area contributed by atoms with Gasteiger partial charge in [-0.2, -0.15) is 0 Å². The zero-order chi connectivity index (χ0) is 31.6. The molecule has 0 amide bonds. The van der Waals surface area contributed by atoms with Crippen molar-refractivity contribution in [3.05, 3.63) is 12.2 Å². The molecule has 0 radical (unpaired) electrons. The molecule has 2 heterocycles. The summed E-state index contributed by atoms with van der Waals surface area (Å²) in [6.07, 6.45) is -10.6. The van der Waals surface area contributed by atoms with Gasteiger partial charge in [0.1, 0.15) is 42.7 Å². The minimum absolute atomic E-state index is 0.0857. The molecule has 0 aromatic rings. The lowest BCUT2D eigenvalue weighted by Gasteiger charge is -2.61. The first-order valence-electron chi connectivity index (χ1n) is 15.8. The van der Waals surface area contributed by atoms with Gasteiger partial charge < -0.3 is 59.8 Å². The highest BCUT2D eigenvalue weighted by molar-refractivity contribution is 5.16. The lowest BCUT2D eigenvalue weighted by molar-refractivity contribution is -0.375. The summed E-state index contributed by atoms with van der Waals surface area (Å²) in [4.78, 5) is 0. The summed E-state index contributed by atoms with van der Waals surface area (Å²) >= 11 is 0. The SMILES string of the molecule is C=C(CO)[C@H]1C[C@@H]2[C@@H](CC[C@H]3C(C)(C)[C@@H](O[C@@H]4O[C@H](CO)[C@@H](O)[C@H](O)[C@H]4O[C@@H]4O[C@@H](C)[C@H](O)[C@@H](O)[C@H]4O)CC[C@]23C)[C@@H]1O. The smallest absolute Gasteiger partial charge is 0.187 e. The molecule has 5 aliphatic rings. The van der Waals surface area contributed by atoms with Crippen molar-refractivity contribution in [1.82, 2.24) is 0 Å². The Balaban J connectivity index is 1.36. The van der Waals surface area contributed by atoms with E-state index in [1.165, 1.54) is 6.92 Å². The summed E-state index contributed by atoms with van der Waals surface area (Å²) in [5, 5.41) is 83.4. The summed E-state index contributed by atoms with van der Waals surface area (Å²) in [5.74, 6) is 0.509. The van der Waals surface area contributed by atoms with Gasteiger partial charge in [-0.3, -0.25) is 0 Å². The number of aliphatic hydroxyl groups is 8. The Labute approximate surface area is 253 Å². The molecule has 5 fully saturated rings. The van der Waals surface area contributed by atoms with Crippen molar-refractivity contribution in [2.75, 3.05) is 13.2 Å². The van der Waals surface area contributed by atoms with Crippen molar-refractivity contribution in [3.8, 4) is 0 Å². The normalized spacial score (nSPS) is 53.2. The van der Waals surface area contributed by atoms with Crippen LogP contribution in [-0.2, 0) is 18.9 Å². The Morgan fingerprint density at radius 3 is 2.16 bits per heavy atom. The van der Waals surface area contributed by atoms with E-state index < -0.39 is 74.1 Å². The van der Waals surface area contributed by atoms with Gasteiger partial charge in [0.25, 0.3) is 0 Å². The second-order valence-electron chi connectivity index (χ2n) is 14.5. The number of hydrogen-bond acceptors (Lipinski definition) is 12. The zero-order valence-corrected chi connectivity index (χ0v) is 25.6. The van der Waals surface area contributed by atoms with Gasteiger partial charge in [0.05, 0.1) is 31.5 Å². The monoisotopic (exact) mass is 616 g/mol. The average molecular weight is 617 g/mol. The van der Waals surface area contributed by atoms with E-state index in [4.69, 9.17) is 18.9 Å². The van der Waals surface area contributed by atoms with E-state index in [-0.39, 0.29) is 47.2 Å². The van der Waals surface area contributed by atoms with E-state index in [1.807, 2.05) is 0 Å². The Morgan fingerprint density at radius 1 is 0.814 bits per heavy atom. The topological polar surface area (TPSA) is 199 Å². The van der Waals surface area contributed by atoms with Gasteiger partial charge in [0.2, 0.25) is 0 Å². The van der Waals surface area contributed by atoms with Crippen LogP contribution in [0.15, 0.2) is 12.2 Å². The molecule has 3 aliphatic carbocycles. The van der Waals surface area contributed by atoms with E-state index in [2.05, 4.69) is 27.4 Å². The molecule has 43 heavy (non-hydrogen) atoms. The summed E-state index contributed by atoms with van der Waals surface area (Å²) in [7, 11) is 0.